The number of likely N-dealkylation sites (tertiary alicyclic amines) is 1. The van der Waals surface area contributed by atoms with Crippen LogP contribution in [0.4, 0.5) is 0 Å². The molecule has 0 amide bonds. The van der Waals surface area contributed by atoms with Gasteiger partial charge in [-0.05, 0) is 63.7 Å². The number of aryl methyl sites for hydroxylation is 1. The molecular weight excluding hydrogens is 264 g/mol. The lowest BCUT2D eigenvalue weighted by Crippen LogP contribution is -2.42. The summed E-state index contributed by atoms with van der Waals surface area (Å²) in [5, 5.41) is 0. The van der Waals surface area contributed by atoms with Crippen molar-refractivity contribution in [2.45, 2.75) is 51.0 Å². The Bertz CT molecular complexity index is 422. The molecule has 1 unspecified atom stereocenters. The minimum atomic E-state index is -0.0375. The smallest absolute Gasteiger partial charge is 0.323 e. The summed E-state index contributed by atoms with van der Waals surface area (Å²) >= 11 is 0. The van der Waals surface area contributed by atoms with E-state index in [2.05, 4.69) is 16.0 Å². The van der Waals surface area contributed by atoms with Gasteiger partial charge in [0, 0.05) is 12.4 Å². The quantitative estimate of drug-likeness (QED) is 0.572. The topological polar surface area (TPSA) is 42.4 Å². The number of carbonyl (C=O) groups excluding carboxylic acids is 1. The first-order valence-electron chi connectivity index (χ1n) is 8.03. The Labute approximate surface area is 127 Å². The molecule has 0 radical (unpaired) electrons. The van der Waals surface area contributed by atoms with Gasteiger partial charge in [-0.3, -0.25) is 14.7 Å². The van der Waals surface area contributed by atoms with E-state index < -0.39 is 0 Å². The Morgan fingerprint density at radius 2 is 2.29 bits per heavy atom. The van der Waals surface area contributed by atoms with Crippen LogP contribution in [0.15, 0.2) is 24.5 Å². The zero-order valence-corrected chi connectivity index (χ0v) is 13.0. The Morgan fingerprint density at radius 3 is 3.05 bits per heavy atom. The molecule has 1 aromatic rings. The third-order valence-electron chi connectivity index (χ3n) is 4.12. The Morgan fingerprint density at radius 1 is 1.38 bits per heavy atom. The van der Waals surface area contributed by atoms with Crippen LogP contribution >= 0.6 is 0 Å². The maximum Gasteiger partial charge on any atom is 0.323 e. The van der Waals surface area contributed by atoms with E-state index in [0.717, 1.165) is 45.1 Å². The molecule has 1 fully saturated rings. The maximum absolute atomic E-state index is 12.0. The Balaban J connectivity index is 1.54. The summed E-state index contributed by atoms with van der Waals surface area (Å²) < 4.78 is 5.41. The second-order valence-corrected chi connectivity index (χ2v) is 5.83. The number of pyridine rings is 1. The van der Waals surface area contributed by atoms with Gasteiger partial charge in [-0.2, -0.15) is 0 Å². The van der Waals surface area contributed by atoms with Crippen molar-refractivity contribution in [1.29, 1.82) is 0 Å². The highest BCUT2D eigenvalue weighted by molar-refractivity contribution is 5.75. The lowest BCUT2D eigenvalue weighted by molar-refractivity contribution is -0.150. The van der Waals surface area contributed by atoms with Crippen molar-refractivity contribution in [3.8, 4) is 0 Å². The lowest BCUT2D eigenvalue weighted by Gasteiger charge is -2.30. The van der Waals surface area contributed by atoms with Crippen molar-refractivity contribution in [2.24, 2.45) is 0 Å². The number of hydrogen-bond donors (Lipinski definition) is 0. The number of rotatable bonds is 7. The van der Waals surface area contributed by atoms with Crippen LogP contribution in [0, 0.1) is 0 Å². The summed E-state index contributed by atoms with van der Waals surface area (Å²) in [5.74, 6) is -0.0375. The molecule has 0 N–H and O–H groups in total. The van der Waals surface area contributed by atoms with Gasteiger partial charge in [-0.25, -0.2) is 0 Å². The van der Waals surface area contributed by atoms with Crippen molar-refractivity contribution in [2.75, 3.05) is 20.2 Å². The molecule has 1 aromatic heterocycles. The van der Waals surface area contributed by atoms with Gasteiger partial charge in [-0.1, -0.05) is 12.5 Å². The third-order valence-corrected chi connectivity index (χ3v) is 4.12. The van der Waals surface area contributed by atoms with E-state index >= 15 is 0 Å². The summed E-state index contributed by atoms with van der Waals surface area (Å²) in [7, 11) is 2.01. The fraction of sp³-hybridized carbons (Fsp3) is 0.647. The predicted octanol–water partition coefficient (Wildman–Crippen LogP) is 2.82. The zero-order chi connectivity index (χ0) is 14.9. The SMILES string of the molecule is CN1CCCCC1C(=O)OCCCCCc1cccnc1. The number of esters is 1. The van der Waals surface area contributed by atoms with Gasteiger partial charge in [0.15, 0.2) is 0 Å². The number of piperidine rings is 1. The summed E-state index contributed by atoms with van der Waals surface area (Å²) in [6.07, 6.45) is 11.2. The van der Waals surface area contributed by atoms with Crippen LogP contribution in [-0.2, 0) is 16.0 Å². The number of aromatic nitrogens is 1. The molecule has 1 saturated heterocycles. The first-order chi connectivity index (χ1) is 10.3. The Hall–Kier alpha value is -1.42. The van der Waals surface area contributed by atoms with Crippen LogP contribution in [0.3, 0.4) is 0 Å². The number of ether oxygens (including phenoxy) is 1. The first-order valence-corrected chi connectivity index (χ1v) is 8.03. The fourth-order valence-corrected chi connectivity index (χ4v) is 2.80. The molecule has 0 saturated carbocycles. The zero-order valence-electron chi connectivity index (χ0n) is 13.0. The van der Waals surface area contributed by atoms with Crippen molar-refractivity contribution >= 4 is 5.97 Å². The molecule has 4 heteroatoms. The number of likely N-dealkylation sites (N-methyl/N-ethyl adjacent to an activating group) is 1. The molecule has 0 aliphatic carbocycles. The van der Waals surface area contributed by atoms with Gasteiger partial charge in [-0.15, -0.1) is 0 Å². The molecule has 0 bridgehead atoms. The van der Waals surface area contributed by atoms with Crippen LogP contribution in [0.2, 0.25) is 0 Å². The summed E-state index contributed by atoms with van der Waals surface area (Å²) in [6, 6.07) is 4.05. The van der Waals surface area contributed by atoms with Crippen LogP contribution in [0.25, 0.3) is 0 Å². The number of carbonyl (C=O) groups is 1. The molecule has 116 valence electrons. The van der Waals surface area contributed by atoms with Crippen LogP contribution in [0.1, 0.15) is 44.1 Å². The molecule has 0 spiro atoms. The van der Waals surface area contributed by atoms with E-state index in [-0.39, 0.29) is 12.0 Å². The third kappa shape index (κ3) is 5.46. The van der Waals surface area contributed by atoms with Crippen LogP contribution in [-0.4, -0.2) is 42.1 Å². The summed E-state index contributed by atoms with van der Waals surface area (Å²) in [5.41, 5.74) is 1.28. The van der Waals surface area contributed by atoms with Gasteiger partial charge >= 0.3 is 5.97 Å². The monoisotopic (exact) mass is 290 g/mol. The second-order valence-electron chi connectivity index (χ2n) is 5.83. The molecule has 1 aliphatic heterocycles. The summed E-state index contributed by atoms with van der Waals surface area (Å²) in [4.78, 5) is 18.2. The molecule has 21 heavy (non-hydrogen) atoms. The lowest BCUT2D eigenvalue weighted by atomic mass is 10.0. The molecule has 2 rings (SSSR count). The van der Waals surface area contributed by atoms with E-state index in [1.165, 1.54) is 12.0 Å². The average molecular weight is 290 g/mol. The molecule has 0 aromatic carbocycles. The molecular formula is C17H26N2O2. The van der Waals surface area contributed by atoms with E-state index in [1.54, 1.807) is 6.20 Å². The minimum Gasteiger partial charge on any atom is -0.465 e. The standard InChI is InChI=1S/C17H26N2O2/c1-19-12-5-4-10-16(19)17(20)21-13-6-2-3-8-15-9-7-11-18-14-15/h7,9,11,14,16H,2-6,8,10,12-13H2,1H3. The normalized spacial score (nSPS) is 19.4. The minimum absolute atomic E-state index is 0.0193. The maximum atomic E-state index is 12.0. The second kappa shape index (κ2) is 8.78. The Kier molecular flexibility index (Phi) is 6.67. The van der Waals surface area contributed by atoms with E-state index in [4.69, 9.17) is 4.74 Å². The highest BCUT2D eigenvalue weighted by Crippen LogP contribution is 2.16. The predicted molar refractivity (Wildman–Crippen MR) is 83.0 cm³/mol. The first kappa shape index (κ1) is 16.0. The number of nitrogens with zero attached hydrogens (tertiary/aromatic N) is 2. The van der Waals surface area contributed by atoms with Crippen LogP contribution < -0.4 is 0 Å². The molecule has 4 nitrogen and oxygen atoms in total. The van der Waals surface area contributed by atoms with Crippen LogP contribution in [0.5, 0.6) is 0 Å². The van der Waals surface area contributed by atoms with E-state index in [1.807, 2.05) is 19.3 Å². The van der Waals surface area contributed by atoms with Gasteiger partial charge in [0.1, 0.15) is 6.04 Å². The van der Waals surface area contributed by atoms with Gasteiger partial charge in [0.2, 0.25) is 0 Å². The largest absolute Gasteiger partial charge is 0.465 e. The van der Waals surface area contributed by atoms with E-state index in [9.17, 15) is 4.79 Å². The van der Waals surface area contributed by atoms with Gasteiger partial charge < -0.3 is 4.74 Å². The molecule has 1 atom stereocenters. The average Bonchev–Trinajstić information content (AvgIpc) is 2.52. The van der Waals surface area contributed by atoms with Crippen molar-refractivity contribution in [3.05, 3.63) is 30.1 Å². The molecule has 2 heterocycles. The van der Waals surface area contributed by atoms with Crippen molar-refractivity contribution in [3.63, 3.8) is 0 Å². The number of hydrogen-bond acceptors (Lipinski definition) is 4. The highest BCUT2D eigenvalue weighted by atomic mass is 16.5. The summed E-state index contributed by atoms with van der Waals surface area (Å²) in [6.45, 7) is 1.56. The number of unbranched alkanes of at least 4 members (excludes halogenated alkanes) is 2. The van der Waals surface area contributed by atoms with E-state index in [0.29, 0.717) is 6.61 Å². The van der Waals surface area contributed by atoms with Crippen molar-refractivity contribution < 1.29 is 9.53 Å². The fourth-order valence-electron chi connectivity index (χ4n) is 2.80. The highest BCUT2D eigenvalue weighted by Gasteiger charge is 2.26. The van der Waals surface area contributed by atoms with Gasteiger partial charge in [0.05, 0.1) is 6.61 Å². The van der Waals surface area contributed by atoms with Gasteiger partial charge in [0.25, 0.3) is 0 Å². The van der Waals surface area contributed by atoms with Crippen molar-refractivity contribution in [1.82, 2.24) is 9.88 Å². The molecule has 1 aliphatic rings.